The fourth-order valence-corrected chi connectivity index (χ4v) is 4.81. The van der Waals surface area contributed by atoms with Crippen LogP contribution < -0.4 is 5.09 Å². The molecule has 0 bridgehead atoms. The maximum atomic E-state index is 11.9. The molecule has 1 unspecified atom stereocenters. The van der Waals surface area contributed by atoms with Gasteiger partial charge in [0.2, 0.25) is 5.91 Å². The Morgan fingerprint density at radius 1 is 0.808 bits per heavy atom. The molecule has 6 heteroatoms. The molecule has 26 heavy (non-hydrogen) atoms. The lowest BCUT2D eigenvalue weighted by Gasteiger charge is -2.14. The molecule has 0 radical (unpaired) electrons. The van der Waals surface area contributed by atoms with Crippen LogP contribution in [0, 0.1) is 0 Å². The molecule has 0 saturated heterocycles. The normalized spacial score (nSPS) is 13.5. The highest BCUT2D eigenvalue weighted by Gasteiger charge is 2.22. The smallest absolute Gasteiger partial charge is 0.309 e. The molecule has 1 N–H and O–H groups in total. The molecule has 4 nitrogen and oxygen atoms in total. The van der Waals surface area contributed by atoms with Gasteiger partial charge in [-0.3, -0.25) is 14.4 Å². The number of hydrogen-bond acceptors (Lipinski definition) is 4. The zero-order chi connectivity index (χ0) is 19.5. The number of unbranched alkanes of at least 4 members (excludes halogenated alkanes) is 14. The van der Waals surface area contributed by atoms with Gasteiger partial charge in [0, 0.05) is 13.5 Å². The Balaban J connectivity index is 3.29. The number of carbonyl (C=O) groups is 1. The number of amides is 1. The fourth-order valence-electron chi connectivity index (χ4n) is 3.03. The van der Waals surface area contributed by atoms with Gasteiger partial charge in [-0.15, -0.1) is 0 Å². The van der Waals surface area contributed by atoms with Crippen LogP contribution in [0.2, 0.25) is 0 Å². The second kappa shape index (κ2) is 18.4. The summed E-state index contributed by atoms with van der Waals surface area (Å²) < 4.78 is 16.8. The molecule has 0 aromatic heterocycles. The average Bonchev–Trinajstić information content (AvgIpc) is 2.64. The minimum absolute atomic E-state index is 0.167. The van der Waals surface area contributed by atoms with E-state index in [2.05, 4.69) is 12.0 Å². The third kappa shape index (κ3) is 16.2. The van der Waals surface area contributed by atoms with Crippen LogP contribution in [0.4, 0.5) is 0 Å². The van der Waals surface area contributed by atoms with Gasteiger partial charge in [-0.25, -0.2) is 0 Å². The van der Waals surface area contributed by atoms with E-state index < -0.39 is 6.72 Å². The largest absolute Gasteiger partial charge is 0.352 e. The summed E-state index contributed by atoms with van der Waals surface area (Å²) in [6.07, 6.45) is 21.7. The van der Waals surface area contributed by atoms with Crippen molar-refractivity contribution in [1.29, 1.82) is 0 Å². The SMILES string of the molecule is CCCCCCCCCCCCCCCCCC(=O)NP(=O)(OC)SC. The lowest BCUT2D eigenvalue weighted by atomic mass is 10.0. The quantitative estimate of drug-likeness (QED) is 0.178. The van der Waals surface area contributed by atoms with Crippen molar-refractivity contribution in [2.24, 2.45) is 0 Å². The molecule has 0 heterocycles. The Morgan fingerprint density at radius 3 is 1.54 bits per heavy atom. The van der Waals surface area contributed by atoms with Gasteiger partial charge in [0.1, 0.15) is 0 Å². The first-order chi connectivity index (χ1) is 12.6. The van der Waals surface area contributed by atoms with E-state index in [0.717, 1.165) is 24.2 Å². The van der Waals surface area contributed by atoms with Crippen LogP contribution >= 0.6 is 18.1 Å². The van der Waals surface area contributed by atoms with E-state index in [4.69, 9.17) is 4.52 Å². The molecule has 0 aliphatic rings. The van der Waals surface area contributed by atoms with Crippen molar-refractivity contribution in [2.75, 3.05) is 13.4 Å². The molecular weight excluding hydrogens is 365 g/mol. The molecule has 0 aliphatic heterocycles. The molecule has 0 aromatic rings. The first kappa shape index (κ1) is 26.0. The monoisotopic (exact) mass is 407 g/mol. The van der Waals surface area contributed by atoms with E-state index in [1.165, 1.54) is 90.6 Å². The van der Waals surface area contributed by atoms with Gasteiger partial charge in [0.15, 0.2) is 0 Å². The van der Waals surface area contributed by atoms with Crippen molar-refractivity contribution in [2.45, 2.75) is 110 Å². The molecule has 1 atom stereocenters. The molecule has 0 aromatic carbocycles. The van der Waals surface area contributed by atoms with E-state index in [1.54, 1.807) is 6.26 Å². The second-order valence-electron chi connectivity index (χ2n) is 7.10. The topological polar surface area (TPSA) is 55.4 Å². The molecule has 0 fully saturated rings. The van der Waals surface area contributed by atoms with Crippen molar-refractivity contribution in [1.82, 2.24) is 5.09 Å². The second-order valence-corrected chi connectivity index (χ2v) is 11.6. The number of hydrogen-bond donors (Lipinski definition) is 1. The van der Waals surface area contributed by atoms with Crippen LogP contribution in [-0.4, -0.2) is 19.3 Å². The maximum Gasteiger partial charge on any atom is 0.352 e. The molecular formula is C20H42NO3PS. The van der Waals surface area contributed by atoms with Gasteiger partial charge >= 0.3 is 6.72 Å². The minimum Gasteiger partial charge on any atom is -0.309 e. The van der Waals surface area contributed by atoms with Crippen LogP contribution in [0.3, 0.4) is 0 Å². The summed E-state index contributed by atoms with van der Waals surface area (Å²) in [7, 11) is 1.37. The van der Waals surface area contributed by atoms with Gasteiger partial charge in [-0.05, 0) is 12.7 Å². The Kier molecular flexibility index (Phi) is 18.4. The summed E-state index contributed by atoms with van der Waals surface area (Å²) in [5.74, 6) is -0.167. The van der Waals surface area contributed by atoms with E-state index in [9.17, 15) is 9.36 Å². The van der Waals surface area contributed by atoms with Crippen LogP contribution in [0.5, 0.6) is 0 Å². The van der Waals surface area contributed by atoms with E-state index in [1.807, 2.05) is 0 Å². The van der Waals surface area contributed by atoms with Crippen LogP contribution in [-0.2, 0) is 13.9 Å². The van der Waals surface area contributed by atoms with E-state index in [-0.39, 0.29) is 5.91 Å². The summed E-state index contributed by atoms with van der Waals surface area (Å²) in [5.41, 5.74) is 0. The first-order valence-electron chi connectivity index (χ1n) is 10.6. The summed E-state index contributed by atoms with van der Waals surface area (Å²) in [6.45, 7) is -0.742. The lowest BCUT2D eigenvalue weighted by molar-refractivity contribution is -0.119. The van der Waals surface area contributed by atoms with Crippen LogP contribution in [0.15, 0.2) is 0 Å². The zero-order valence-electron chi connectivity index (χ0n) is 17.4. The average molecular weight is 408 g/mol. The molecule has 0 rings (SSSR count). The van der Waals surface area contributed by atoms with Gasteiger partial charge in [-0.1, -0.05) is 108 Å². The third-order valence-corrected chi connectivity index (χ3v) is 8.40. The molecule has 0 spiro atoms. The van der Waals surface area contributed by atoms with Gasteiger partial charge in [0.25, 0.3) is 0 Å². The minimum atomic E-state index is -3.01. The van der Waals surface area contributed by atoms with Crippen molar-refractivity contribution in [3.8, 4) is 0 Å². The van der Waals surface area contributed by atoms with Crippen molar-refractivity contribution in [3.63, 3.8) is 0 Å². The predicted octanol–water partition coefficient (Wildman–Crippen LogP) is 7.48. The van der Waals surface area contributed by atoms with Gasteiger partial charge in [-0.2, -0.15) is 0 Å². The molecule has 0 saturated carbocycles. The Bertz CT molecular complexity index is 372. The van der Waals surface area contributed by atoms with Gasteiger partial charge < -0.3 is 4.52 Å². The molecule has 156 valence electrons. The Morgan fingerprint density at radius 2 is 1.19 bits per heavy atom. The standard InChI is InChI=1S/C20H42NO3PS/c1-4-5-6-7-8-9-10-11-12-13-14-15-16-17-18-19-20(22)21-25(23,24-2)26-3/h4-19H2,1-3H3,(H,21,22,23). The zero-order valence-corrected chi connectivity index (χ0v) is 19.1. The number of nitrogens with one attached hydrogen (secondary N) is 1. The summed E-state index contributed by atoms with van der Waals surface area (Å²) in [5, 5.41) is 2.50. The molecule has 0 aliphatic carbocycles. The summed E-state index contributed by atoms with van der Waals surface area (Å²) in [6, 6.07) is 0. The Labute approximate surface area is 166 Å². The maximum absolute atomic E-state index is 11.9. The third-order valence-electron chi connectivity index (χ3n) is 4.75. The summed E-state index contributed by atoms with van der Waals surface area (Å²) >= 11 is 1.07. The highest BCUT2D eigenvalue weighted by atomic mass is 32.7. The highest BCUT2D eigenvalue weighted by molar-refractivity contribution is 8.55. The Hall–Kier alpha value is 0.01000. The van der Waals surface area contributed by atoms with Gasteiger partial charge in [0.05, 0.1) is 0 Å². The van der Waals surface area contributed by atoms with Crippen LogP contribution in [0.1, 0.15) is 110 Å². The van der Waals surface area contributed by atoms with Crippen molar-refractivity contribution in [3.05, 3.63) is 0 Å². The molecule has 1 amide bonds. The lowest BCUT2D eigenvalue weighted by Crippen LogP contribution is -2.19. The van der Waals surface area contributed by atoms with Crippen LogP contribution in [0.25, 0.3) is 0 Å². The summed E-state index contributed by atoms with van der Waals surface area (Å²) in [4.78, 5) is 11.7. The van der Waals surface area contributed by atoms with E-state index in [0.29, 0.717) is 6.42 Å². The predicted molar refractivity (Wildman–Crippen MR) is 116 cm³/mol. The van der Waals surface area contributed by atoms with Crippen molar-refractivity contribution < 1.29 is 13.9 Å². The number of carbonyl (C=O) groups excluding carboxylic acids is 1. The highest BCUT2D eigenvalue weighted by Crippen LogP contribution is 2.53. The van der Waals surface area contributed by atoms with Crippen molar-refractivity contribution >= 4 is 24.0 Å². The van der Waals surface area contributed by atoms with E-state index >= 15 is 0 Å². The number of rotatable bonds is 19. The first-order valence-corrected chi connectivity index (χ1v) is 14.1. The fraction of sp³-hybridized carbons (Fsp3) is 0.950.